The smallest absolute Gasteiger partial charge is 0.255 e. The number of hydrogen-bond donors (Lipinski definition) is 0. The Bertz CT molecular complexity index is 1040. The number of para-hydroxylation sites is 1. The Labute approximate surface area is 174 Å². The third-order valence-corrected chi connectivity index (χ3v) is 6.23. The maximum Gasteiger partial charge on any atom is 0.255 e. The predicted molar refractivity (Wildman–Crippen MR) is 112 cm³/mol. The first-order valence-corrected chi connectivity index (χ1v) is 10.6. The Morgan fingerprint density at radius 1 is 1.07 bits per heavy atom. The van der Waals surface area contributed by atoms with Gasteiger partial charge in [0.25, 0.3) is 5.91 Å². The molecule has 7 nitrogen and oxygen atoms in total. The van der Waals surface area contributed by atoms with Crippen LogP contribution in [0.2, 0.25) is 5.02 Å². The summed E-state index contributed by atoms with van der Waals surface area (Å²) in [7, 11) is 0. The molecule has 4 heterocycles. The number of likely N-dealkylation sites (tertiary alicyclic amines) is 1. The van der Waals surface area contributed by atoms with Crippen molar-refractivity contribution in [1.29, 1.82) is 0 Å². The molecule has 2 aromatic heterocycles. The predicted octanol–water partition coefficient (Wildman–Crippen LogP) is 3.56. The number of piperidine rings is 1. The quantitative estimate of drug-likeness (QED) is 0.660. The normalized spacial score (nSPS) is 18.0. The molecule has 0 aliphatic carbocycles. The highest BCUT2D eigenvalue weighted by molar-refractivity contribution is 6.33. The van der Waals surface area contributed by atoms with Crippen molar-refractivity contribution in [2.24, 2.45) is 0 Å². The zero-order valence-electron chi connectivity index (χ0n) is 16.2. The molecule has 2 aliphatic heterocycles. The van der Waals surface area contributed by atoms with Gasteiger partial charge < -0.3 is 9.80 Å². The number of anilines is 1. The van der Waals surface area contributed by atoms with Gasteiger partial charge in [0.15, 0.2) is 0 Å². The molecule has 1 amide bonds. The molecule has 0 unspecified atom stereocenters. The van der Waals surface area contributed by atoms with E-state index in [2.05, 4.69) is 26.3 Å². The van der Waals surface area contributed by atoms with Crippen molar-refractivity contribution in [2.75, 3.05) is 31.1 Å². The van der Waals surface area contributed by atoms with Crippen LogP contribution in [0, 0.1) is 0 Å². The minimum atomic E-state index is 0.0280. The summed E-state index contributed by atoms with van der Waals surface area (Å²) in [5.41, 5.74) is 2.58. The van der Waals surface area contributed by atoms with Gasteiger partial charge in [0, 0.05) is 32.4 Å². The van der Waals surface area contributed by atoms with Crippen LogP contribution in [-0.4, -0.2) is 57.0 Å². The Morgan fingerprint density at radius 2 is 1.83 bits per heavy atom. The lowest BCUT2D eigenvalue weighted by Crippen LogP contribution is -2.35. The van der Waals surface area contributed by atoms with Crippen molar-refractivity contribution in [3.05, 3.63) is 47.1 Å². The van der Waals surface area contributed by atoms with Crippen molar-refractivity contribution in [3.8, 4) is 0 Å². The molecule has 0 saturated carbocycles. The van der Waals surface area contributed by atoms with E-state index in [4.69, 9.17) is 11.6 Å². The van der Waals surface area contributed by atoms with Crippen molar-refractivity contribution >= 4 is 34.4 Å². The van der Waals surface area contributed by atoms with E-state index in [1.54, 1.807) is 12.3 Å². The molecule has 1 aromatic carbocycles. The van der Waals surface area contributed by atoms with E-state index in [9.17, 15) is 4.79 Å². The molecule has 0 spiro atoms. The third-order valence-electron chi connectivity index (χ3n) is 5.95. The number of carbonyl (C=O) groups is 1. The fourth-order valence-corrected chi connectivity index (χ4v) is 4.65. The van der Waals surface area contributed by atoms with Gasteiger partial charge in [0.05, 0.1) is 22.1 Å². The van der Waals surface area contributed by atoms with Crippen LogP contribution < -0.4 is 4.90 Å². The number of halogens is 1. The molecule has 8 heteroatoms. The zero-order chi connectivity index (χ0) is 19.8. The molecule has 2 aliphatic rings. The lowest BCUT2D eigenvalue weighted by atomic mass is 10.0. The molecule has 2 saturated heterocycles. The number of carbonyl (C=O) groups excluding carboxylic acids is 1. The summed E-state index contributed by atoms with van der Waals surface area (Å²) in [4.78, 5) is 21.2. The molecular formula is C21H23ClN6O. The minimum absolute atomic E-state index is 0.0280. The largest absolute Gasteiger partial charge is 0.355 e. The van der Waals surface area contributed by atoms with Crippen molar-refractivity contribution in [3.63, 3.8) is 0 Å². The molecule has 0 radical (unpaired) electrons. The van der Waals surface area contributed by atoms with Crippen LogP contribution in [0.15, 0.2) is 36.5 Å². The molecule has 29 heavy (non-hydrogen) atoms. The average molecular weight is 411 g/mol. The van der Waals surface area contributed by atoms with Crippen LogP contribution >= 0.6 is 11.6 Å². The van der Waals surface area contributed by atoms with E-state index in [1.165, 1.54) is 0 Å². The van der Waals surface area contributed by atoms with Crippen molar-refractivity contribution in [2.45, 2.75) is 31.7 Å². The summed E-state index contributed by atoms with van der Waals surface area (Å²) in [6.07, 6.45) is 5.69. The zero-order valence-corrected chi connectivity index (χ0v) is 16.9. The van der Waals surface area contributed by atoms with Crippen molar-refractivity contribution < 1.29 is 4.79 Å². The topological polar surface area (TPSA) is 67.2 Å². The number of hydrogen-bond acceptors (Lipinski definition) is 5. The number of amides is 1. The molecule has 0 bridgehead atoms. The second kappa shape index (κ2) is 7.63. The van der Waals surface area contributed by atoms with Gasteiger partial charge in [-0.3, -0.25) is 4.79 Å². The van der Waals surface area contributed by atoms with Gasteiger partial charge in [-0.2, -0.15) is 0 Å². The lowest BCUT2D eigenvalue weighted by Gasteiger charge is -2.33. The van der Waals surface area contributed by atoms with E-state index in [0.717, 1.165) is 68.7 Å². The van der Waals surface area contributed by atoms with E-state index in [1.807, 2.05) is 27.8 Å². The highest BCUT2D eigenvalue weighted by atomic mass is 35.5. The summed E-state index contributed by atoms with van der Waals surface area (Å²) in [6.45, 7) is 3.32. The Kier molecular flexibility index (Phi) is 4.83. The summed E-state index contributed by atoms with van der Waals surface area (Å²) in [5.74, 6) is 0.784. The molecule has 0 atom stereocenters. The first-order chi connectivity index (χ1) is 14.2. The van der Waals surface area contributed by atoms with Gasteiger partial charge in [-0.05, 0) is 43.9 Å². The highest BCUT2D eigenvalue weighted by Crippen LogP contribution is 2.31. The molecular weight excluding hydrogens is 388 g/mol. The maximum absolute atomic E-state index is 12.6. The second-order valence-corrected chi connectivity index (χ2v) is 8.18. The van der Waals surface area contributed by atoms with E-state index in [0.29, 0.717) is 16.6 Å². The number of benzene rings is 1. The highest BCUT2D eigenvalue weighted by Gasteiger charge is 2.26. The standard InChI is InChI=1S/C21H23ClN6O/c22-17-13-15(21(29)27-9-3-4-10-27)14-23-20(17)26-11-7-16(8-12-26)28-19-6-2-1-5-18(19)24-25-28/h1-2,5-6,13-14,16H,3-4,7-12H2. The number of nitrogens with zero attached hydrogens (tertiary/aromatic N) is 6. The third kappa shape index (κ3) is 3.44. The first-order valence-electron chi connectivity index (χ1n) is 10.2. The van der Waals surface area contributed by atoms with Gasteiger partial charge in [0.1, 0.15) is 11.3 Å². The first kappa shape index (κ1) is 18.4. The average Bonchev–Trinajstić information content (AvgIpc) is 3.44. The molecule has 2 fully saturated rings. The summed E-state index contributed by atoms with van der Waals surface area (Å²) in [5, 5.41) is 9.18. The van der Waals surface area contributed by atoms with E-state index >= 15 is 0 Å². The summed E-state index contributed by atoms with van der Waals surface area (Å²) < 4.78 is 2.04. The SMILES string of the molecule is O=C(c1cnc(N2CCC(n3nnc4ccccc43)CC2)c(Cl)c1)N1CCCC1. The van der Waals surface area contributed by atoms with E-state index in [-0.39, 0.29) is 5.91 Å². The van der Waals surface area contributed by atoms with Crippen LogP contribution in [0.5, 0.6) is 0 Å². The minimum Gasteiger partial charge on any atom is -0.355 e. The van der Waals surface area contributed by atoms with Crippen LogP contribution in [0.4, 0.5) is 5.82 Å². The Hall–Kier alpha value is -2.67. The van der Waals surface area contributed by atoms with Crippen LogP contribution in [0.25, 0.3) is 11.0 Å². The van der Waals surface area contributed by atoms with Gasteiger partial charge in [-0.15, -0.1) is 5.10 Å². The van der Waals surface area contributed by atoms with Gasteiger partial charge >= 0.3 is 0 Å². The van der Waals surface area contributed by atoms with Gasteiger partial charge in [-0.1, -0.05) is 28.9 Å². The molecule has 0 N–H and O–H groups in total. The summed E-state index contributed by atoms with van der Waals surface area (Å²) in [6, 6.07) is 10.1. The van der Waals surface area contributed by atoms with Crippen LogP contribution in [-0.2, 0) is 0 Å². The number of pyridine rings is 1. The maximum atomic E-state index is 12.6. The van der Waals surface area contributed by atoms with Crippen LogP contribution in [0.3, 0.4) is 0 Å². The Morgan fingerprint density at radius 3 is 2.59 bits per heavy atom. The fraction of sp³-hybridized carbons (Fsp3) is 0.429. The molecule has 3 aromatic rings. The molecule has 5 rings (SSSR count). The lowest BCUT2D eigenvalue weighted by molar-refractivity contribution is 0.0792. The van der Waals surface area contributed by atoms with Gasteiger partial charge in [0.2, 0.25) is 0 Å². The van der Waals surface area contributed by atoms with Crippen molar-refractivity contribution in [1.82, 2.24) is 24.9 Å². The monoisotopic (exact) mass is 410 g/mol. The van der Waals surface area contributed by atoms with Crippen LogP contribution in [0.1, 0.15) is 42.1 Å². The number of rotatable bonds is 3. The number of fused-ring (bicyclic) bond motifs is 1. The molecule has 150 valence electrons. The Balaban J connectivity index is 1.28. The number of aromatic nitrogens is 4. The fourth-order valence-electron chi connectivity index (χ4n) is 4.36. The second-order valence-electron chi connectivity index (χ2n) is 7.77. The summed E-state index contributed by atoms with van der Waals surface area (Å²) >= 11 is 6.53. The van der Waals surface area contributed by atoms with E-state index < -0.39 is 0 Å². The van der Waals surface area contributed by atoms with Gasteiger partial charge in [-0.25, -0.2) is 9.67 Å².